The number of likely N-dealkylation sites (tertiary alicyclic amines) is 1. The van der Waals surface area contributed by atoms with Crippen molar-refractivity contribution in [3.05, 3.63) is 11.8 Å². The lowest BCUT2D eigenvalue weighted by Crippen LogP contribution is -2.30. The molecule has 1 aliphatic heterocycles. The van der Waals surface area contributed by atoms with Crippen LogP contribution in [-0.2, 0) is 6.42 Å². The fourth-order valence-corrected chi connectivity index (χ4v) is 2.10. The van der Waals surface area contributed by atoms with Gasteiger partial charge in [0.1, 0.15) is 0 Å². The minimum atomic E-state index is 0.332. The van der Waals surface area contributed by atoms with Gasteiger partial charge in [-0.25, -0.2) is 0 Å². The van der Waals surface area contributed by atoms with Gasteiger partial charge in [-0.3, -0.25) is 0 Å². The molecule has 1 saturated heterocycles. The molecule has 90 valence electrons. The van der Waals surface area contributed by atoms with Crippen LogP contribution in [0.5, 0.6) is 0 Å². The first-order chi connectivity index (χ1) is 7.65. The Morgan fingerprint density at radius 1 is 1.31 bits per heavy atom. The van der Waals surface area contributed by atoms with Crippen molar-refractivity contribution >= 4 is 0 Å². The van der Waals surface area contributed by atoms with E-state index >= 15 is 0 Å². The van der Waals surface area contributed by atoms with Gasteiger partial charge in [0, 0.05) is 12.3 Å². The molecule has 2 heterocycles. The third-order valence-corrected chi connectivity index (χ3v) is 3.28. The van der Waals surface area contributed by atoms with Crippen molar-refractivity contribution in [1.82, 2.24) is 15.1 Å². The second kappa shape index (κ2) is 4.95. The molecule has 0 aromatic carbocycles. The Kier molecular flexibility index (Phi) is 3.59. The Bertz CT molecular complexity index is 327. The molecule has 4 nitrogen and oxygen atoms in total. The van der Waals surface area contributed by atoms with Crippen molar-refractivity contribution in [3.63, 3.8) is 0 Å². The molecule has 1 aliphatic rings. The predicted molar refractivity (Wildman–Crippen MR) is 62.3 cm³/mol. The predicted octanol–water partition coefficient (Wildman–Crippen LogP) is 2.08. The molecule has 1 fully saturated rings. The highest BCUT2D eigenvalue weighted by atomic mass is 16.4. The summed E-state index contributed by atoms with van der Waals surface area (Å²) >= 11 is 0. The molecule has 1 aromatic heterocycles. The molecule has 0 atom stereocenters. The summed E-state index contributed by atoms with van der Waals surface area (Å²) in [4.78, 5) is 2.38. The van der Waals surface area contributed by atoms with Gasteiger partial charge in [0.05, 0.1) is 0 Å². The Hall–Kier alpha value is -0.900. The minimum absolute atomic E-state index is 0.332. The number of nitrogens with zero attached hydrogens (tertiary/aromatic N) is 3. The fraction of sp³-hybridized carbons (Fsp3) is 0.833. The van der Waals surface area contributed by atoms with Crippen molar-refractivity contribution < 1.29 is 4.42 Å². The lowest BCUT2D eigenvalue weighted by atomic mass is 9.94. The van der Waals surface area contributed by atoms with Crippen molar-refractivity contribution in [3.8, 4) is 0 Å². The molecule has 0 aliphatic carbocycles. The number of hydrogen-bond donors (Lipinski definition) is 0. The first-order valence-electron chi connectivity index (χ1n) is 6.16. The second-order valence-electron chi connectivity index (χ2n) is 5.14. The molecule has 0 N–H and O–H groups in total. The van der Waals surface area contributed by atoms with Crippen LogP contribution in [0.15, 0.2) is 4.42 Å². The van der Waals surface area contributed by atoms with E-state index in [4.69, 9.17) is 4.42 Å². The maximum Gasteiger partial charge on any atom is 0.219 e. The van der Waals surface area contributed by atoms with Gasteiger partial charge in [-0.1, -0.05) is 13.8 Å². The number of aromatic nitrogens is 2. The van der Waals surface area contributed by atoms with Crippen LogP contribution >= 0.6 is 0 Å². The SMILES string of the molecule is CC(C)c1nnc(CC2CCN(C)CC2)o1. The molecular formula is C12H21N3O. The Morgan fingerprint density at radius 3 is 2.56 bits per heavy atom. The third-order valence-electron chi connectivity index (χ3n) is 3.28. The normalized spacial score (nSPS) is 19.5. The zero-order valence-electron chi connectivity index (χ0n) is 10.4. The summed E-state index contributed by atoms with van der Waals surface area (Å²) < 4.78 is 5.64. The van der Waals surface area contributed by atoms with Gasteiger partial charge in [-0.05, 0) is 38.9 Å². The molecule has 0 radical (unpaired) electrons. The summed E-state index contributed by atoms with van der Waals surface area (Å²) in [5.41, 5.74) is 0. The van der Waals surface area contributed by atoms with Crippen molar-refractivity contribution in [2.75, 3.05) is 20.1 Å². The van der Waals surface area contributed by atoms with E-state index in [-0.39, 0.29) is 0 Å². The first kappa shape index (κ1) is 11.6. The Morgan fingerprint density at radius 2 is 2.00 bits per heavy atom. The molecular weight excluding hydrogens is 202 g/mol. The minimum Gasteiger partial charge on any atom is -0.425 e. The molecule has 4 heteroatoms. The maximum atomic E-state index is 5.64. The van der Waals surface area contributed by atoms with Gasteiger partial charge in [0.15, 0.2) is 0 Å². The van der Waals surface area contributed by atoms with Gasteiger partial charge in [-0.15, -0.1) is 10.2 Å². The fourth-order valence-electron chi connectivity index (χ4n) is 2.10. The highest BCUT2D eigenvalue weighted by molar-refractivity contribution is 4.89. The molecule has 16 heavy (non-hydrogen) atoms. The second-order valence-corrected chi connectivity index (χ2v) is 5.14. The standard InChI is InChI=1S/C12H21N3O/c1-9(2)12-14-13-11(16-12)8-10-4-6-15(3)7-5-10/h9-10H,4-8H2,1-3H3. The van der Waals surface area contributed by atoms with Gasteiger partial charge >= 0.3 is 0 Å². The Labute approximate surface area is 97.0 Å². The number of hydrogen-bond acceptors (Lipinski definition) is 4. The van der Waals surface area contributed by atoms with Crippen LogP contribution in [0, 0.1) is 5.92 Å². The molecule has 0 amide bonds. The van der Waals surface area contributed by atoms with E-state index in [9.17, 15) is 0 Å². The third kappa shape index (κ3) is 2.82. The molecule has 2 rings (SSSR count). The van der Waals surface area contributed by atoms with E-state index in [1.807, 2.05) is 0 Å². The van der Waals surface area contributed by atoms with Crippen LogP contribution in [0.1, 0.15) is 44.4 Å². The quantitative estimate of drug-likeness (QED) is 0.786. The highest BCUT2D eigenvalue weighted by Gasteiger charge is 2.20. The lowest BCUT2D eigenvalue weighted by molar-refractivity contribution is 0.211. The molecule has 0 unspecified atom stereocenters. The van der Waals surface area contributed by atoms with E-state index < -0.39 is 0 Å². The van der Waals surface area contributed by atoms with E-state index in [0.717, 1.165) is 24.1 Å². The average molecular weight is 223 g/mol. The maximum absolute atomic E-state index is 5.64. The van der Waals surface area contributed by atoms with Gasteiger partial charge in [0.2, 0.25) is 11.8 Å². The topological polar surface area (TPSA) is 42.2 Å². The summed E-state index contributed by atoms with van der Waals surface area (Å²) in [6.45, 7) is 6.53. The van der Waals surface area contributed by atoms with Crippen LogP contribution in [0.25, 0.3) is 0 Å². The molecule has 1 aromatic rings. The summed E-state index contributed by atoms with van der Waals surface area (Å²) in [6, 6.07) is 0. The lowest BCUT2D eigenvalue weighted by Gasteiger charge is -2.27. The van der Waals surface area contributed by atoms with Gasteiger partial charge in [0.25, 0.3) is 0 Å². The van der Waals surface area contributed by atoms with Crippen LogP contribution in [0.4, 0.5) is 0 Å². The zero-order chi connectivity index (χ0) is 11.5. The summed E-state index contributed by atoms with van der Waals surface area (Å²) in [7, 11) is 2.18. The van der Waals surface area contributed by atoms with Crippen LogP contribution in [-0.4, -0.2) is 35.2 Å². The van der Waals surface area contributed by atoms with E-state index in [1.165, 1.54) is 25.9 Å². The van der Waals surface area contributed by atoms with Crippen molar-refractivity contribution in [1.29, 1.82) is 0 Å². The largest absolute Gasteiger partial charge is 0.425 e. The zero-order valence-corrected chi connectivity index (χ0v) is 10.4. The highest BCUT2D eigenvalue weighted by Crippen LogP contribution is 2.21. The van der Waals surface area contributed by atoms with E-state index in [1.54, 1.807) is 0 Å². The summed E-state index contributed by atoms with van der Waals surface area (Å²) in [6.07, 6.45) is 3.44. The smallest absolute Gasteiger partial charge is 0.219 e. The van der Waals surface area contributed by atoms with Crippen LogP contribution in [0.2, 0.25) is 0 Å². The molecule has 0 spiro atoms. The first-order valence-corrected chi connectivity index (χ1v) is 6.16. The average Bonchev–Trinajstić information content (AvgIpc) is 2.70. The number of rotatable bonds is 3. The summed E-state index contributed by atoms with van der Waals surface area (Å²) in [5.74, 6) is 2.64. The monoisotopic (exact) mass is 223 g/mol. The van der Waals surface area contributed by atoms with E-state index in [2.05, 4.69) is 36.0 Å². The van der Waals surface area contributed by atoms with Crippen LogP contribution < -0.4 is 0 Å². The van der Waals surface area contributed by atoms with Gasteiger partial charge < -0.3 is 9.32 Å². The van der Waals surface area contributed by atoms with Gasteiger partial charge in [-0.2, -0.15) is 0 Å². The molecule has 0 bridgehead atoms. The van der Waals surface area contributed by atoms with E-state index in [0.29, 0.717) is 5.92 Å². The summed E-state index contributed by atoms with van der Waals surface area (Å²) in [5, 5.41) is 8.19. The Balaban J connectivity index is 1.88. The molecule has 0 saturated carbocycles. The van der Waals surface area contributed by atoms with Crippen molar-refractivity contribution in [2.45, 2.75) is 39.0 Å². The van der Waals surface area contributed by atoms with Crippen LogP contribution in [0.3, 0.4) is 0 Å². The van der Waals surface area contributed by atoms with Crippen molar-refractivity contribution in [2.24, 2.45) is 5.92 Å². The number of piperidine rings is 1.